The molecule has 7 heteroatoms. The minimum absolute atomic E-state index is 0.238. The van der Waals surface area contributed by atoms with Gasteiger partial charge in [-0.25, -0.2) is 18.7 Å². The predicted molar refractivity (Wildman–Crippen MR) is 110 cm³/mol. The van der Waals surface area contributed by atoms with Crippen LogP contribution in [0.15, 0.2) is 65.5 Å². The highest BCUT2D eigenvalue weighted by molar-refractivity contribution is 5.73. The van der Waals surface area contributed by atoms with Crippen LogP contribution in [0.25, 0.3) is 11.1 Å². The average Bonchev–Trinajstić information content (AvgIpc) is 3.14. The molecule has 0 aliphatic carbocycles. The molecule has 1 N–H and O–H groups in total. The van der Waals surface area contributed by atoms with Gasteiger partial charge in [0.1, 0.15) is 34.8 Å². The number of benzene rings is 1. The van der Waals surface area contributed by atoms with Crippen molar-refractivity contribution < 1.29 is 17.9 Å². The Kier molecular flexibility index (Phi) is 5.43. The van der Waals surface area contributed by atoms with Gasteiger partial charge in [0.25, 0.3) is 0 Å². The Bertz CT molecular complexity index is 1190. The number of nitrogens with one attached hydrogen (secondary N) is 1. The molecule has 0 fully saturated rings. The molecule has 0 unspecified atom stereocenters. The lowest BCUT2D eigenvalue weighted by atomic mass is 10.0. The first-order chi connectivity index (χ1) is 14.5. The second kappa shape index (κ2) is 8.32. The summed E-state index contributed by atoms with van der Waals surface area (Å²) >= 11 is 0. The largest absolute Gasteiger partial charge is 0.496 e. The molecule has 5 nitrogen and oxygen atoms in total. The third-order valence-electron chi connectivity index (χ3n) is 4.75. The van der Waals surface area contributed by atoms with Gasteiger partial charge in [-0.2, -0.15) is 0 Å². The molecule has 0 saturated heterocycles. The molecule has 4 rings (SSSR count). The fraction of sp³-hybridized carbons (Fsp3) is 0.130. The van der Waals surface area contributed by atoms with Gasteiger partial charge in [0, 0.05) is 29.8 Å². The van der Waals surface area contributed by atoms with E-state index in [0.29, 0.717) is 23.6 Å². The lowest BCUT2D eigenvalue weighted by molar-refractivity contribution is 0.412. The number of ether oxygens (including phenoxy) is 1. The summed E-state index contributed by atoms with van der Waals surface area (Å²) in [6.07, 6.45) is 5.17. The molecular formula is C23H19F2N3O2. The summed E-state index contributed by atoms with van der Waals surface area (Å²) in [5, 5.41) is 3.10. The Morgan fingerprint density at radius 2 is 1.83 bits per heavy atom. The minimum Gasteiger partial charge on any atom is -0.496 e. The van der Waals surface area contributed by atoms with Gasteiger partial charge < -0.3 is 14.5 Å². The second-order valence-corrected chi connectivity index (χ2v) is 6.75. The first-order valence-corrected chi connectivity index (χ1v) is 9.28. The van der Waals surface area contributed by atoms with Crippen LogP contribution < -0.4 is 10.1 Å². The number of anilines is 2. The number of pyridine rings is 2. The van der Waals surface area contributed by atoms with Crippen LogP contribution in [-0.4, -0.2) is 17.1 Å². The van der Waals surface area contributed by atoms with Gasteiger partial charge in [0.05, 0.1) is 19.6 Å². The molecular weight excluding hydrogens is 388 g/mol. The van der Waals surface area contributed by atoms with Gasteiger partial charge >= 0.3 is 0 Å². The lowest BCUT2D eigenvalue weighted by Crippen LogP contribution is -2.00. The summed E-state index contributed by atoms with van der Waals surface area (Å²) < 4.78 is 38.5. The highest BCUT2D eigenvalue weighted by Gasteiger charge is 2.14. The Labute approximate surface area is 172 Å². The standard InChI is InChI=1S/C23H19F2N3O2/c1-14-16(6-8-30-14)9-15-5-7-26-22(10-15)28-23-12-19(20(25)13-27-23)18-4-3-17(24)11-21(18)29-2/h3-8,10-13H,9H2,1-2H3,(H,26,27,28). The molecule has 0 bridgehead atoms. The molecule has 0 aliphatic rings. The van der Waals surface area contributed by atoms with Crippen molar-refractivity contribution in [3.8, 4) is 16.9 Å². The summed E-state index contributed by atoms with van der Waals surface area (Å²) in [6.45, 7) is 1.92. The van der Waals surface area contributed by atoms with E-state index in [4.69, 9.17) is 9.15 Å². The number of furan rings is 1. The van der Waals surface area contributed by atoms with Crippen LogP contribution in [0.2, 0.25) is 0 Å². The van der Waals surface area contributed by atoms with Crippen molar-refractivity contribution in [1.82, 2.24) is 9.97 Å². The van der Waals surface area contributed by atoms with Crippen molar-refractivity contribution in [2.24, 2.45) is 0 Å². The van der Waals surface area contributed by atoms with E-state index < -0.39 is 11.6 Å². The highest BCUT2D eigenvalue weighted by Crippen LogP contribution is 2.33. The number of methoxy groups -OCH3 is 1. The molecule has 0 saturated carbocycles. The van der Waals surface area contributed by atoms with Crippen molar-refractivity contribution >= 4 is 11.6 Å². The number of aromatic nitrogens is 2. The Hall–Kier alpha value is -3.74. The quantitative estimate of drug-likeness (QED) is 0.446. The monoisotopic (exact) mass is 407 g/mol. The van der Waals surface area contributed by atoms with E-state index >= 15 is 0 Å². The number of nitrogens with zero attached hydrogens (tertiary/aromatic N) is 2. The van der Waals surface area contributed by atoms with E-state index in [-0.39, 0.29) is 11.3 Å². The van der Waals surface area contributed by atoms with Crippen LogP contribution in [-0.2, 0) is 6.42 Å². The smallest absolute Gasteiger partial charge is 0.149 e. The molecule has 30 heavy (non-hydrogen) atoms. The van der Waals surface area contributed by atoms with Crippen molar-refractivity contribution in [3.05, 3.63) is 89.6 Å². The zero-order valence-corrected chi connectivity index (χ0v) is 16.4. The third-order valence-corrected chi connectivity index (χ3v) is 4.75. The number of halogens is 2. The molecule has 4 aromatic rings. The maximum absolute atomic E-state index is 14.5. The van der Waals surface area contributed by atoms with Crippen molar-refractivity contribution in [2.45, 2.75) is 13.3 Å². The molecule has 0 spiro atoms. The van der Waals surface area contributed by atoms with E-state index in [9.17, 15) is 8.78 Å². The third kappa shape index (κ3) is 4.15. The number of aryl methyl sites for hydroxylation is 1. The predicted octanol–water partition coefficient (Wildman–Crippen LogP) is 5.67. The topological polar surface area (TPSA) is 60.2 Å². The average molecular weight is 407 g/mol. The molecule has 3 aromatic heterocycles. The maximum atomic E-state index is 14.5. The van der Waals surface area contributed by atoms with E-state index in [1.165, 1.54) is 25.3 Å². The second-order valence-electron chi connectivity index (χ2n) is 6.75. The van der Waals surface area contributed by atoms with Crippen molar-refractivity contribution in [1.29, 1.82) is 0 Å². The summed E-state index contributed by atoms with van der Waals surface area (Å²) in [7, 11) is 1.41. The van der Waals surface area contributed by atoms with E-state index in [1.54, 1.807) is 18.5 Å². The van der Waals surface area contributed by atoms with Crippen LogP contribution >= 0.6 is 0 Å². The number of rotatable bonds is 6. The lowest BCUT2D eigenvalue weighted by Gasteiger charge is -2.12. The zero-order valence-electron chi connectivity index (χ0n) is 16.4. The van der Waals surface area contributed by atoms with Crippen LogP contribution in [0, 0.1) is 18.6 Å². The first-order valence-electron chi connectivity index (χ1n) is 9.28. The Morgan fingerprint density at radius 3 is 2.60 bits per heavy atom. The maximum Gasteiger partial charge on any atom is 0.149 e. The summed E-state index contributed by atoms with van der Waals surface area (Å²) in [5.74, 6) is 1.09. The SMILES string of the molecule is COc1cc(F)ccc1-c1cc(Nc2cc(Cc3ccoc3C)ccn2)ncc1F. The summed E-state index contributed by atoms with van der Waals surface area (Å²) in [4.78, 5) is 8.41. The Balaban J connectivity index is 1.61. The molecule has 0 atom stereocenters. The summed E-state index contributed by atoms with van der Waals surface area (Å²) in [6, 6.07) is 11.2. The fourth-order valence-corrected chi connectivity index (χ4v) is 3.20. The van der Waals surface area contributed by atoms with Crippen molar-refractivity contribution in [2.75, 3.05) is 12.4 Å². The number of hydrogen-bond donors (Lipinski definition) is 1. The normalized spacial score (nSPS) is 10.8. The van der Waals surface area contributed by atoms with Gasteiger partial charge in [-0.3, -0.25) is 0 Å². The highest BCUT2D eigenvalue weighted by atomic mass is 19.1. The number of hydrogen-bond acceptors (Lipinski definition) is 5. The zero-order chi connectivity index (χ0) is 21.1. The molecule has 1 aromatic carbocycles. The van der Waals surface area contributed by atoms with Crippen LogP contribution in [0.3, 0.4) is 0 Å². The van der Waals surface area contributed by atoms with Crippen LogP contribution in [0.5, 0.6) is 5.75 Å². The van der Waals surface area contributed by atoms with Crippen LogP contribution in [0.1, 0.15) is 16.9 Å². The summed E-state index contributed by atoms with van der Waals surface area (Å²) in [5.41, 5.74) is 2.81. The van der Waals surface area contributed by atoms with Gasteiger partial charge in [-0.15, -0.1) is 0 Å². The van der Waals surface area contributed by atoms with Crippen LogP contribution in [0.4, 0.5) is 20.4 Å². The van der Waals surface area contributed by atoms with Gasteiger partial charge in [-0.05, 0) is 54.4 Å². The molecule has 0 aliphatic heterocycles. The molecule has 3 heterocycles. The van der Waals surface area contributed by atoms with Gasteiger partial charge in [-0.1, -0.05) is 0 Å². The Morgan fingerprint density at radius 1 is 1.00 bits per heavy atom. The van der Waals surface area contributed by atoms with E-state index in [0.717, 1.165) is 23.1 Å². The van der Waals surface area contributed by atoms with Gasteiger partial charge in [0.2, 0.25) is 0 Å². The van der Waals surface area contributed by atoms with Crippen molar-refractivity contribution in [3.63, 3.8) is 0 Å². The van der Waals surface area contributed by atoms with E-state index in [2.05, 4.69) is 15.3 Å². The molecule has 0 radical (unpaired) electrons. The van der Waals surface area contributed by atoms with E-state index in [1.807, 2.05) is 25.1 Å². The molecule has 152 valence electrons. The minimum atomic E-state index is -0.539. The first kappa shape index (κ1) is 19.6. The molecule has 0 amide bonds. The van der Waals surface area contributed by atoms with Gasteiger partial charge in [0.15, 0.2) is 0 Å². The fourth-order valence-electron chi connectivity index (χ4n) is 3.20.